The Morgan fingerprint density at radius 3 is 2.89 bits per heavy atom. The molecular formula is C20H22N4O3S. The van der Waals surface area contributed by atoms with Gasteiger partial charge in [0.1, 0.15) is 5.82 Å². The molecular weight excluding hydrogens is 376 g/mol. The predicted molar refractivity (Wildman–Crippen MR) is 109 cm³/mol. The fraction of sp³-hybridized carbons (Fsp3) is 0.350. The summed E-state index contributed by atoms with van der Waals surface area (Å²) in [5, 5.41) is 5.64. The number of carbonyl (C=O) groups is 2. The minimum atomic E-state index is -0.182. The molecule has 3 heterocycles. The second kappa shape index (κ2) is 8.20. The molecule has 0 aliphatic carbocycles. The Kier molecular flexibility index (Phi) is 5.50. The van der Waals surface area contributed by atoms with Crippen LogP contribution < -0.4 is 15.5 Å². The molecule has 1 fully saturated rings. The number of amides is 2. The summed E-state index contributed by atoms with van der Waals surface area (Å²) in [5.74, 6) is 0.704. The number of morpholine rings is 1. The first-order valence-electron chi connectivity index (χ1n) is 9.27. The molecule has 1 saturated heterocycles. The van der Waals surface area contributed by atoms with Gasteiger partial charge >= 0.3 is 0 Å². The van der Waals surface area contributed by atoms with Gasteiger partial charge in [-0.2, -0.15) is 0 Å². The van der Waals surface area contributed by atoms with E-state index >= 15 is 0 Å². The Morgan fingerprint density at radius 1 is 1.32 bits per heavy atom. The lowest BCUT2D eigenvalue weighted by molar-refractivity contribution is -0.115. The number of hydrogen-bond donors (Lipinski definition) is 2. The van der Waals surface area contributed by atoms with Crippen molar-refractivity contribution in [3.8, 4) is 0 Å². The van der Waals surface area contributed by atoms with E-state index in [2.05, 4.69) is 20.5 Å². The summed E-state index contributed by atoms with van der Waals surface area (Å²) in [6.45, 7) is 5.38. The van der Waals surface area contributed by atoms with Crippen molar-refractivity contribution in [1.29, 1.82) is 0 Å². The standard InChI is InChI=1S/C20H22N4O3S/c1-13-19(25)23-16-10-15(3-4-17(16)28-13)20(26)22-12-14-2-5-18(21-11-14)24-6-8-27-9-7-24/h2-5,10-11,13H,6-9,12H2,1H3,(H,22,26)(H,23,25)/t13-/m0/s1. The number of thioether (sulfide) groups is 1. The summed E-state index contributed by atoms with van der Waals surface area (Å²) in [6, 6.07) is 9.33. The van der Waals surface area contributed by atoms with Crippen LogP contribution in [0.4, 0.5) is 11.5 Å². The third-order valence-corrected chi connectivity index (χ3v) is 5.95. The maximum absolute atomic E-state index is 12.5. The fourth-order valence-electron chi connectivity index (χ4n) is 3.14. The smallest absolute Gasteiger partial charge is 0.251 e. The molecule has 2 aromatic rings. The Hall–Kier alpha value is -2.58. The zero-order valence-corrected chi connectivity index (χ0v) is 16.4. The lowest BCUT2D eigenvalue weighted by Gasteiger charge is -2.27. The first-order valence-corrected chi connectivity index (χ1v) is 10.2. The lowest BCUT2D eigenvalue weighted by atomic mass is 10.1. The highest BCUT2D eigenvalue weighted by atomic mass is 32.2. The average molecular weight is 398 g/mol. The van der Waals surface area contributed by atoms with Crippen LogP contribution in [0.5, 0.6) is 0 Å². The van der Waals surface area contributed by atoms with Gasteiger partial charge in [-0.15, -0.1) is 11.8 Å². The summed E-state index contributed by atoms with van der Waals surface area (Å²) < 4.78 is 5.36. The molecule has 2 aliphatic heterocycles. The number of aromatic nitrogens is 1. The van der Waals surface area contributed by atoms with Gasteiger partial charge in [-0.25, -0.2) is 4.98 Å². The molecule has 146 valence electrons. The molecule has 0 saturated carbocycles. The van der Waals surface area contributed by atoms with Crippen LogP contribution in [0.1, 0.15) is 22.8 Å². The van der Waals surface area contributed by atoms with Crippen LogP contribution in [0.2, 0.25) is 0 Å². The number of ether oxygens (including phenoxy) is 1. The van der Waals surface area contributed by atoms with Gasteiger partial charge in [-0.3, -0.25) is 9.59 Å². The van der Waals surface area contributed by atoms with Gasteiger partial charge < -0.3 is 20.3 Å². The van der Waals surface area contributed by atoms with Crippen molar-refractivity contribution in [2.75, 3.05) is 36.5 Å². The average Bonchev–Trinajstić information content (AvgIpc) is 2.73. The summed E-state index contributed by atoms with van der Waals surface area (Å²) in [4.78, 5) is 32.0. The van der Waals surface area contributed by atoms with E-state index in [0.29, 0.717) is 17.8 Å². The molecule has 7 nitrogen and oxygen atoms in total. The molecule has 2 aliphatic rings. The highest BCUT2D eigenvalue weighted by Crippen LogP contribution is 2.35. The maximum atomic E-state index is 12.5. The topological polar surface area (TPSA) is 83.6 Å². The number of anilines is 2. The van der Waals surface area contributed by atoms with Crippen LogP contribution in [0.25, 0.3) is 0 Å². The van der Waals surface area contributed by atoms with Crippen molar-refractivity contribution in [1.82, 2.24) is 10.3 Å². The normalized spacial score (nSPS) is 19.0. The molecule has 1 aromatic carbocycles. The molecule has 2 N–H and O–H groups in total. The van der Waals surface area contributed by atoms with Gasteiger partial charge in [0.2, 0.25) is 5.91 Å². The Bertz CT molecular complexity index is 882. The Balaban J connectivity index is 1.36. The second-order valence-electron chi connectivity index (χ2n) is 6.77. The Labute approximate surface area is 167 Å². The highest BCUT2D eigenvalue weighted by Gasteiger charge is 2.23. The zero-order chi connectivity index (χ0) is 19.5. The van der Waals surface area contributed by atoms with Crippen molar-refractivity contribution in [2.24, 2.45) is 0 Å². The third-order valence-electron chi connectivity index (χ3n) is 4.77. The van der Waals surface area contributed by atoms with Gasteiger partial charge in [0.25, 0.3) is 5.91 Å². The number of benzene rings is 1. The van der Waals surface area contributed by atoms with E-state index < -0.39 is 0 Å². The molecule has 0 bridgehead atoms. The molecule has 1 aromatic heterocycles. The minimum absolute atomic E-state index is 0.0403. The van der Waals surface area contributed by atoms with Crippen molar-refractivity contribution in [3.63, 3.8) is 0 Å². The maximum Gasteiger partial charge on any atom is 0.251 e. The zero-order valence-electron chi connectivity index (χ0n) is 15.6. The fourth-order valence-corrected chi connectivity index (χ4v) is 4.07. The minimum Gasteiger partial charge on any atom is -0.378 e. The van der Waals surface area contributed by atoms with E-state index in [4.69, 9.17) is 4.74 Å². The molecule has 0 radical (unpaired) electrons. The monoisotopic (exact) mass is 398 g/mol. The number of hydrogen-bond acceptors (Lipinski definition) is 6. The second-order valence-corrected chi connectivity index (χ2v) is 8.15. The van der Waals surface area contributed by atoms with Crippen molar-refractivity contribution in [3.05, 3.63) is 47.7 Å². The predicted octanol–water partition coefficient (Wildman–Crippen LogP) is 2.28. The van der Waals surface area contributed by atoms with E-state index in [1.54, 1.807) is 18.3 Å². The summed E-state index contributed by atoms with van der Waals surface area (Å²) >= 11 is 1.50. The quantitative estimate of drug-likeness (QED) is 0.822. The SMILES string of the molecule is C[C@@H]1Sc2ccc(C(=O)NCc3ccc(N4CCOCC4)nc3)cc2NC1=O. The van der Waals surface area contributed by atoms with E-state index in [-0.39, 0.29) is 17.1 Å². The molecule has 8 heteroatoms. The van der Waals surface area contributed by atoms with E-state index in [1.165, 1.54) is 11.8 Å². The number of pyridine rings is 1. The summed E-state index contributed by atoms with van der Waals surface area (Å²) in [6.07, 6.45) is 1.79. The largest absolute Gasteiger partial charge is 0.378 e. The first kappa shape index (κ1) is 18.8. The van der Waals surface area contributed by atoms with Gasteiger partial charge in [-0.1, -0.05) is 6.07 Å². The number of nitrogens with zero attached hydrogens (tertiary/aromatic N) is 2. The van der Waals surface area contributed by atoms with Crippen LogP contribution in [0.3, 0.4) is 0 Å². The lowest BCUT2D eigenvalue weighted by Crippen LogP contribution is -2.36. The van der Waals surface area contributed by atoms with Crippen molar-refractivity contribution >= 4 is 35.1 Å². The molecule has 28 heavy (non-hydrogen) atoms. The molecule has 1 atom stereocenters. The third kappa shape index (κ3) is 4.13. The molecule has 4 rings (SSSR count). The van der Waals surface area contributed by atoms with Crippen LogP contribution in [0.15, 0.2) is 41.4 Å². The van der Waals surface area contributed by atoms with E-state index in [1.807, 2.05) is 25.1 Å². The Morgan fingerprint density at radius 2 is 2.14 bits per heavy atom. The van der Waals surface area contributed by atoms with Crippen LogP contribution >= 0.6 is 11.8 Å². The van der Waals surface area contributed by atoms with Gasteiger partial charge in [0.05, 0.1) is 24.2 Å². The summed E-state index contributed by atoms with van der Waals surface area (Å²) in [7, 11) is 0. The van der Waals surface area contributed by atoms with Gasteiger partial charge in [-0.05, 0) is 36.8 Å². The first-order chi connectivity index (χ1) is 13.6. The number of fused-ring (bicyclic) bond motifs is 1. The molecule has 2 amide bonds. The number of carbonyl (C=O) groups excluding carboxylic acids is 2. The van der Waals surface area contributed by atoms with E-state index in [9.17, 15) is 9.59 Å². The van der Waals surface area contributed by atoms with Crippen LogP contribution in [-0.2, 0) is 16.1 Å². The van der Waals surface area contributed by atoms with Gasteiger partial charge in [0.15, 0.2) is 0 Å². The van der Waals surface area contributed by atoms with Crippen LogP contribution in [0, 0.1) is 0 Å². The van der Waals surface area contributed by atoms with Crippen molar-refractivity contribution in [2.45, 2.75) is 23.6 Å². The van der Waals surface area contributed by atoms with Crippen LogP contribution in [-0.4, -0.2) is 48.4 Å². The van der Waals surface area contributed by atoms with Crippen molar-refractivity contribution < 1.29 is 14.3 Å². The summed E-state index contributed by atoms with van der Waals surface area (Å²) in [5.41, 5.74) is 2.14. The highest BCUT2D eigenvalue weighted by molar-refractivity contribution is 8.00. The molecule has 0 unspecified atom stereocenters. The van der Waals surface area contributed by atoms with E-state index in [0.717, 1.165) is 42.6 Å². The number of rotatable bonds is 4. The van der Waals surface area contributed by atoms with Gasteiger partial charge in [0, 0.05) is 36.3 Å². The number of nitrogens with one attached hydrogen (secondary N) is 2. The molecule has 0 spiro atoms.